The summed E-state index contributed by atoms with van der Waals surface area (Å²) in [6.45, 7) is 0. The number of carboxylic acid groups (broad SMARTS) is 1. The number of rotatable bonds is 7. The molecule has 0 radical (unpaired) electrons. The Morgan fingerprint density at radius 1 is 1.13 bits per heavy atom. The summed E-state index contributed by atoms with van der Waals surface area (Å²) in [6.07, 6.45) is -0.710. The summed E-state index contributed by atoms with van der Waals surface area (Å²) in [5, 5.41) is 32.2. The van der Waals surface area contributed by atoms with E-state index in [0.717, 1.165) is 12.1 Å². The quantitative estimate of drug-likeness (QED) is 0.442. The lowest BCUT2D eigenvalue weighted by molar-refractivity contribution is -0.394. The number of nitro benzene ring substituents is 2. The van der Waals surface area contributed by atoms with Crippen LogP contribution in [0.2, 0.25) is 0 Å². The van der Waals surface area contributed by atoms with Crippen molar-refractivity contribution in [3.05, 3.63) is 44.0 Å². The maximum Gasteiger partial charge on any atom is 0.326 e. The smallest absolute Gasteiger partial charge is 0.326 e. The lowest BCUT2D eigenvalue weighted by Gasteiger charge is -2.12. The van der Waals surface area contributed by atoms with Gasteiger partial charge in [0, 0.05) is 12.1 Å². The Bertz CT molecular complexity index is 669. The van der Waals surface area contributed by atoms with Crippen LogP contribution >= 0.6 is 0 Å². The number of nitrogens with zero attached hydrogens (tertiary/aromatic N) is 2. The van der Waals surface area contributed by atoms with Gasteiger partial charge >= 0.3 is 5.97 Å². The van der Waals surface area contributed by atoms with E-state index >= 15 is 0 Å². The van der Waals surface area contributed by atoms with Crippen molar-refractivity contribution in [1.29, 1.82) is 0 Å². The van der Waals surface area contributed by atoms with Gasteiger partial charge < -0.3 is 16.2 Å². The number of benzene rings is 1. The van der Waals surface area contributed by atoms with Crippen LogP contribution < -0.4 is 11.1 Å². The second-order valence-corrected chi connectivity index (χ2v) is 4.29. The summed E-state index contributed by atoms with van der Waals surface area (Å²) < 4.78 is 0. The van der Waals surface area contributed by atoms with Gasteiger partial charge in [-0.25, -0.2) is 4.79 Å². The molecule has 4 N–H and O–H groups in total. The second-order valence-electron chi connectivity index (χ2n) is 4.29. The molecule has 1 aromatic carbocycles. The van der Waals surface area contributed by atoms with E-state index in [1.807, 2.05) is 5.32 Å². The first-order valence-electron chi connectivity index (χ1n) is 5.87. The van der Waals surface area contributed by atoms with Gasteiger partial charge in [0.2, 0.25) is 5.91 Å². The first kappa shape index (κ1) is 17.5. The van der Waals surface area contributed by atoms with Gasteiger partial charge in [0.25, 0.3) is 17.3 Å². The molecule has 0 unspecified atom stereocenters. The van der Waals surface area contributed by atoms with Crippen LogP contribution in [0.1, 0.15) is 16.8 Å². The van der Waals surface area contributed by atoms with E-state index in [0.29, 0.717) is 6.07 Å². The van der Waals surface area contributed by atoms with Gasteiger partial charge in [-0.2, -0.15) is 0 Å². The molecular formula is C11H10N4O8. The zero-order valence-corrected chi connectivity index (χ0v) is 11.3. The van der Waals surface area contributed by atoms with Crippen LogP contribution in [0.5, 0.6) is 0 Å². The lowest BCUT2D eigenvalue weighted by atomic mass is 10.1. The molecule has 0 aliphatic carbocycles. The molecule has 1 rings (SSSR count). The van der Waals surface area contributed by atoms with Crippen molar-refractivity contribution in [3.8, 4) is 0 Å². The molecule has 0 saturated carbocycles. The number of amides is 2. The Morgan fingerprint density at radius 3 is 1.96 bits per heavy atom. The van der Waals surface area contributed by atoms with Crippen LogP contribution in [0.25, 0.3) is 0 Å². The third-order valence-electron chi connectivity index (χ3n) is 2.60. The summed E-state index contributed by atoms with van der Waals surface area (Å²) in [5.41, 5.74) is 2.91. The highest BCUT2D eigenvalue weighted by atomic mass is 16.6. The predicted molar refractivity (Wildman–Crippen MR) is 72.5 cm³/mol. The van der Waals surface area contributed by atoms with Crippen molar-refractivity contribution < 1.29 is 29.3 Å². The average Bonchev–Trinajstić information content (AvgIpc) is 2.45. The van der Waals surface area contributed by atoms with Gasteiger partial charge in [-0.05, 0) is 0 Å². The van der Waals surface area contributed by atoms with Crippen LogP contribution in [0.3, 0.4) is 0 Å². The minimum atomic E-state index is -1.67. The molecule has 1 atom stereocenters. The summed E-state index contributed by atoms with van der Waals surface area (Å²) in [5.74, 6) is -3.69. The monoisotopic (exact) mass is 326 g/mol. The molecular weight excluding hydrogens is 316 g/mol. The number of nitrogens with one attached hydrogen (secondary N) is 1. The van der Waals surface area contributed by atoms with Crippen molar-refractivity contribution in [2.45, 2.75) is 12.5 Å². The number of carbonyl (C=O) groups excluding carboxylic acids is 2. The molecule has 0 aromatic heterocycles. The van der Waals surface area contributed by atoms with Crippen molar-refractivity contribution in [2.24, 2.45) is 5.73 Å². The van der Waals surface area contributed by atoms with Crippen molar-refractivity contribution in [3.63, 3.8) is 0 Å². The van der Waals surface area contributed by atoms with E-state index < -0.39 is 57.0 Å². The number of hydrogen-bond acceptors (Lipinski definition) is 7. The van der Waals surface area contributed by atoms with Gasteiger partial charge in [0.1, 0.15) is 6.04 Å². The fourth-order valence-corrected chi connectivity index (χ4v) is 1.58. The maximum atomic E-state index is 11.9. The van der Waals surface area contributed by atoms with Gasteiger partial charge in [-0.1, -0.05) is 0 Å². The molecule has 0 aliphatic rings. The molecule has 23 heavy (non-hydrogen) atoms. The summed E-state index contributed by atoms with van der Waals surface area (Å²) >= 11 is 0. The minimum Gasteiger partial charge on any atom is -0.480 e. The molecule has 1 aromatic rings. The molecule has 12 heteroatoms. The van der Waals surface area contributed by atoms with E-state index in [2.05, 4.69) is 0 Å². The number of hydrogen-bond donors (Lipinski definition) is 3. The largest absolute Gasteiger partial charge is 0.480 e. The summed E-state index contributed by atoms with van der Waals surface area (Å²) in [6, 6.07) is 0.463. The number of primary amides is 1. The fourth-order valence-electron chi connectivity index (χ4n) is 1.58. The highest BCUT2D eigenvalue weighted by molar-refractivity contribution is 5.98. The topological polar surface area (TPSA) is 196 Å². The van der Waals surface area contributed by atoms with E-state index in [9.17, 15) is 34.6 Å². The lowest BCUT2D eigenvalue weighted by Crippen LogP contribution is -2.43. The van der Waals surface area contributed by atoms with E-state index in [-0.39, 0.29) is 0 Å². The summed E-state index contributed by atoms with van der Waals surface area (Å²) in [4.78, 5) is 53.1. The third kappa shape index (κ3) is 4.73. The number of aliphatic carboxylic acids is 1. The van der Waals surface area contributed by atoms with Crippen molar-refractivity contribution in [2.75, 3.05) is 0 Å². The van der Waals surface area contributed by atoms with Gasteiger partial charge in [-0.15, -0.1) is 0 Å². The van der Waals surface area contributed by atoms with Gasteiger partial charge in [-0.3, -0.25) is 29.8 Å². The van der Waals surface area contributed by atoms with Gasteiger partial charge in [0.05, 0.1) is 27.9 Å². The Hall–Kier alpha value is -3.57. The number of nitrogens with two attached hydrogens (primary N) is 1. The normalized spacial score (nSPS) is 11.3. The third-order valence-corrected chi connectivity index (χ3v) is 2.60. The minimum absolute atomic E-state index is 0.498. The van der Waals surface area contributed by atoms with E-state index in [1.165, 1.54) is 0 Å². The first-order chi connectivity index (χ1) is 10.6. The second kappa shape index (κ2) is 6.93. The van der Waals surface area contributed by atoms with Crippen LogP contribution in [0, 0.1) is 20.2 Å². The molecule has 2 amide bonds. The van der Waals surface area contributed by atoms with Gasteiger partial charge in [0.15, 0.2) is 0 Å². The first-order valence-corrected chi connectivity index (χ1v) is 5.87. The van der Waals surface area contributed by atoms with Crippen LogP contribution in [0.4, 0.5) is 11.4 Å². The average molecular weight is 326 g/mol. The van der Waals surface area contributed by atoms with Crippen molar-refractivity contribution in [1.82, 2.24) is 5.32 Å². The zero-order chi connectivity index (χ0) is 17.7. The maximum absolute atomic E-state index is 11.9. The molecule has 0 aliphatic heterocycles. The van der Waals surface area contributed by atoms with Crippen LogP contribution in [-0.2, 0) is 9.59 Å². The Balaban J connectivity index is 3.15. The fraction of sp³-hybridized carbons (Fsp3) is 0.182. The zero-order valence-electron chi connectivity index (χ0n) is 11.3. The molecule has 0 heterocycles. The summed E-state index contributed by atoms with van der Waals surface area (Å²) in [7, 11) is 0. The highest BCUT2D eigenvalue weighted by Crippen LogP contribution is 2.22. The Labute approximate surface area is 127 Å². The number of carboxylic acids is 1. The van der Waals surface area contributed by atoms with Crippen LogP contribution in [0.15, 0.2) is 18.2 Å². The van der Waals surface area contributed by atoms with Crippen molar-refractivity contribution >= 4 is 29.2 Å². The van der Waals surface area contributed by atoms with Crippen LogP contribution in [-0.4, -0.2) is 38.8 Å². The molecule has 12 nitrogen and oxygen atoms in total. The van der Waals surface area contributed by atoms with E-state index in [4.69, 9.17) is 10.8 Å². The van der Waals surface area contributed by atoms with E-state index in [1.54, 1.807) is 0 Å². The molecule has 0 saturated heterocycles. The number of non-ortho nitro benzene ring substituents is 2. The molecule has 122 valence electrons. The Morgan fingerprint density at radius 2 is 1.61 bits per heavy atom. The molecule has 0 fully saturated rings. The number of nitro groups is 2. The standard InChI is InChI=1S/C11H10N4O8/c12-9(16)4-8(11(18)19)13-10(17)5-1-6(14(20)21)3-7(2-5)15(22)23/h1-3,8H,4H2,(H2,12,16)(H,13,17)(H,18,19)/t8-/m0/s1. The Kier molecular flexibility index (Phi) is 5.27. The predicted octanol–water partition coefficient (Wildman–Crippen LogP) is -0.439. The SMILES string of the molecule is NC(=O)C[C@H](NC(=O)c1cc([N+](=O)[O-])cc([N+](=O)[O-])c1)C(=O)O. The molecule has 0 spiro atoms. The molecule has 0 bridgehead atoms. The number of carbonyl (C=O) groups is 3. The highest BCUT2D eigenvalue weighted by Gasteiger charge is 2.25.